The standard InChI is InChI=1S/C22H25Cl2N3O4S/c1-12-11-13(18(28)26-17(20(29)30)22(2)9-4-3-5-10-22)19(32-12)27-21(31)25-16-14(23)7-6-8-15(16)24/h6-8,11,17H,3-5,9-10H2,1-2H3,(H,26,28)(H,29,30)(H2,25,27,31)/t17-/m1/s1. The van der Waals surface area contributed by atoms with Gasteiger partial charge in [0, 0.05) is 4.88 Å². The lowest BCUT2D eigenvalue weighted by atomic mass is 9.70. The summed E-state index contributed by atoms with van der Waals surface area (Å²) in [7, 11) is 0. The Hall–Kier alpha value is -2.29. The fourth-order valence-corrected chi connectivity index (χ4v) is 5.43. The quantitative estimate of drug-likeness (QED) is 0.383. The van der Waals surface area contributed by atoms with Gasteiger partial charge >= 0.3 is 12.0 Å². The minimum atomic E-state index is -1.06. The normalized spacial score (nSPS) is 16.1. The van der Waals surface area contributed by atoms with Crippen LogP contribution in [-0.2, 0) is 4.79 Å². The topological polar surface area (TPSA) is 108 Å². The highest BCUT2D eigenvalue weighted by molar-refractivity contribution is 7.16. The third kappa shape index (κ3) is 5.54. The molecule has 0 bridgehead atoms. The molecule has 1 atom stereocenters. The fraction of sp³-hybridized carbons (Fsp3) is 0.409. The third-order valence-electron chi connectivity index (χ3n) is 5.74. The SMILES string of the molecule is Cc1cc(C(=O)N[C@H](C(=O)O)C2(C)CCCCC2)c(NC(=O)Nc2c(Cl)cccc2Cl)s1. The van der Waals surface area contributed by atoms with Gasteiger partial charge in [-0.05, 0) is 43.4 Å². The first kappa shape index (κ1) is 24.4. The zero-order valence-electron chi connectivity index (χ0n) is 17.8. The number of hydrogen-bond acceptors (Lipinski definition) is 4. The summed E-state index contributed by atoms with van der Waals surface area (Å²) in [4.78, 5) is 38.4. The average molecular weight is 498 g/mol. The Morgan fingerprint density at radius 3 is 2.31 bits per heavy atom. The molecule has 0 radical (unpaired) electrons. The molecule has 0 unspecified atom stereocenters. The number of thiophene rings is 1. The lowest BCUT2D eigenvalue weighted by Gasteiger charge is -2.38. The van der Waals surface area contributed by atoms with Gasteiger partial charge in [0.25, 0.3) is 5.91 Å². The second-order valence-electron chi connectivity index (χ2n) is 8.24. The van der Waals surface area contributed by atoms with Crippen molar-refractivity contribution in [2.24, 2.45) is 5.41 Å². The predicted molar refractivity (Wildman–Crippen MR) is 128 cm³/mol. The summed E-state index contributed by atoms with van der Waals surface area (Å²) in [6.45, 7) is 3.70. The molecule has 0 spiro atoms. The Bertz CT molecular complexity index is 1010. The van der Waals surface area contributed by atoms with Gasteiger partial charge in [0.2, 0.25) is 0 Å². The first-order valence-corrected chi connectivity index (χ1v) is 11.8. The van der Waals surface area contributed by atoms with Gasteiger partial charge in [-0.25, -0.2) is 9.59 Å². The third-order valence-corrected chi connectivity index (χ3v) is 7.34. The molecule has 0 aliphatic heterocycles. The van der Waals surface area contributed by atoms with E-state index < -0.39 is 29.4 Å². The summed E-state index contributed by atoms with van der Waals surface area (Å²) in [5.41, 5.74) is -0.0568. The summed E-state index contributed by atoms with van der Waals surface area (Å²) >= 11 is 13.4. The summed E-state index contributed by atoms with van der Waals surface area (Å²) in [6.07, 6.45) is 4.41. The molecule has 7 nitrogen and oxygen atoms in total. The number of carboxylic acids is 1. The van der Waals surface area contributed by atoms with Gasteiger partial charge in [-0.3, -0.25) is 10.1 Å². The molecular weight excluding hydrogens is 473 g/mol. The van der Waals surface area contributed by atoms with Gasteiger partial charge in [-0.1, -0.05) is 55.5 Å². The average Bonchev–Trinajstić information content (AvgIpc) is 3.09. The number of carbonyl (C=O) groups is 3. The second kappa shape index (κ2) is 10.1. The van der Waals surface area contributed by atoms with E-state index in [9.17, 15) is 19.5 Å². The van der Waals surface area contributed by atoms with Crippen molar-refractivity contribution >= 4 is 63.1 Å². The molecule has 0 saturated heterocycles. The summed E-state index contributed by atoms with van der Waals surface area (Å²) < 4.78 is 0. The summed E-state index contributed by atoms with van der Waals surface area (Å²) in [5, 5.41) is 18.6. The van der Waals surface area contributed by atoms with Crippen LogP contribution in [0.25, 0.3) is 0 Å². The van der Waals surface area contributed by atoms with Gasteiger partial charge in [-0.15, -0.1) is 11.3 Å². The Kier molecular flexibility index (Phi) is 7.69. The first-order chi connectivity index (χ1) is 15.1. The van der Waals surface area contributed by atoms with Gasteiger partial charge in [0.15, 0.2) is 0 Å². The maximum Gasteiger partial charge on any atom is 0.326 e. The maximum atomic E-state index is 13.0. The molecule has 1 aliphatic rings. The largest absolute Gasteiger partial charge is 0.480 e. The lowest BCUT2D eigenvalue weighted by Crippen LogP contribution is -2.52. The monoisotopic (exact) mass is 497 g/mol. The van der Waals surface area contributed by atoms with E-state index in [-0.39, 0.29) is 21.3 Å². The summed E-state index contributed by atoms with van der Waals surface area (Å²) in [6, 6.07) is 4.83. The fourth-order valence-electron chi connectivity index (χ4n) is 4.03. The Morgan fingerprint density at radius 1 is 1.09 bits per heavy atom. The lowest BCUT2D eigenvalue weighted by molar-refractivity contribution is -0.143. The number of aliphatic carboxylic acids is 1. The predicted octanol–water partition coefficient (Wildman–Crippen LogP) is 6.16. The van der Waals surface area contributed by atoms with Crippen molar-refractivity contribution in [2.75, 3.05) is 10.6 Å². The van der Waals surface area contributed by atoms with E-state index in [1.807, 2.05) is 6.92 Å². The van der Waals surface area contributed by atoms with E-state index in [2.05, 4.69) is 16.0 Å². The summed E-state index contributed by atoms with van der Waals surface area (Å²) in [5.74, 6) is -1.60. The zero-order valence-corrected chi connectivity index (χ0v) is 20.1. The number of nitrogens with one attached hydrogen (secondary N) is 3. The van der Waals surface area contributed by atoms with Crippen molar-refractivity contribution < 1.29 is 19.5 Å². The molecule has 4 N–H and O–H groups in total. The van der Waals surface area contributed by atoms with E-state index in [1.54, 1.807) is 31.2 Å². The Morgan fingerprint density at radius 2 is 1.72 bits per heavy atom. The van der Waals surface area contributed by atoms with Crippen LogP contribution in [0.2, 0.25) is 10.0 Å². The van der Waals surface area contributed by atoms with Crippen molar-refractivity contribution in [3.8, 4) is 0 Å². The molecule has 3 amide bonds. The number of aryl methyl sites for hydroxylation is 1. The molecule has 1 aromatic carbocycles. The molecule has 3 rings (SSSR count). The number of urea groups is 1. The van der Waals surface area contributed by atoms with Crippen LogP contribution in [0.3, 0.4) is 0 Å². The van der Waals surface area contributed by atoms with Crippen molar-refractivity contribution in [2.45, 2.75) is 52.0 Å². The number of rotatable bonds is 6. The van der Waals surface area contributed by atoms with Crippen LogP contribution >= 0.6 is 34.5 Å². The number of anilines is 2. The van der Waals surface area contributed by atoms with E-state index >= 15 is 0 Å². The number of benzene rings is 1. The number of para-hydroxylation sites is 1. The molecule has 1 saturated carbocycles. The first-order valence-electron chi connectivity index (χ1n) is 10.3. The van der Waals surface area contributed by atoms with E-state index in [1.165, 1.54) is 11.3 Å². The van der Waals surface area contributed by atoms with E-state index in [0.29, 0.717) is 5.00 Å². The van der Waals surface area contributed by atoms with Crippen LogP contribution < -0.4 is 16.0 Å². The zero-order chi connectivity index (χ0) is 23.5. The Balaban J connectivity index is 1.77. The smallest absolute Gasteiger partial charge is 0.326 e. The minimum absolute atomic E-state index is 0.207. The highest BCUT2D eigenvalue weighted by atomic mass is 35.5. The molecule has 32 heavy (non-hydrogen) atoms. The maximum absolute atomic E-state index is 13.0. The van der Waals surface area contributed by atoms with Crippen LogP contribution in [0.4, 0.5) is 15.5 Å². The van der Waals surface area contributed by atoms with E-state index in [0.717, 1.165) is 37.0 Å². The van der Waals surface area contributed by atoms with Crippen LogP contribution in [0.5, 0.6) is 0 Å². The molecule has 1 fully saturated rings. The molecule has 1 aromatic heterocycles. The number of amides is 3. The number of halogens is 2. The second-order valence-corrected chi connectivity index (χ2v) is 10.3. The number of carbonyl (C=O) groups excluding carboxylic acids is 2. The molecular formula is C22H25Cl2N3O4S. The molecule has 2 aromatic rings. The van der Waals surface area contributed by atoms with Gasteiger partial charge in [0.05, 0.1) is 21.3 Å². The van der Waals surface area contributed by atoms with Gasteiger partial charge in [-0.2, -0.15) is 0 Å². The highest BCUT2D eigenvalue weighted by Crippen LogP contribution is 2.39. The van der Waals surface area contributed by atoms with Crippen LogP contribution in [0.15, 0.2) is 24.3 Å². The highest BCUT2D eigenvalue weighted by Gasteiger charge is 2.41. The molecule has 172 valence electrons. The molecule has 1 heterocycles. The van der Waals surface area contributed by atoms with Crippen LogP contribution in [0.1, 0.15) is 54.3 Å². The minimum Gasteiger partial charge on any atom is -0.480 e. The molecule has 10 heteroatoms. The van der Waals surface area contributed by atoms with Gasteiger partial charge < -0.3 is 15.7 Å². The number of carboxylic acid groups (broad SMARTS) is 1. The number of hydrogen-bond donors (Lipinski definition) is 4. The van der Waals surface area contributed by atoms with Crippen LogP contribution in [0, 0.1) is 12.3 Å². The van der Waals surface area contributed by atoms with Gasteiger partial charge in [0.1, 0.15) is 11.0 Å². The molecule has 1 aliphatic carbocycles. The van der Waals surface area contributed by atoms with Crippen molar-refractivity contribution in [1.29, 1.82) is 0 Å². The van der Waals surface area contributed by atoms with Crippen molar-refractivity contribution in [1.82, 2.24) is 5.32 Å². The van der Waals surface area contributed by atoms with Crippen molar-refractivity contribution in [3.63, 3.8) is 0 Å². The van der Waals surface area contributed by atoms with E-state index in [4.69, 9.17) is 23.2 Å². The van der Waals surface area contributed by atoms with Crippen molar-refractivity contribution in [3.05, 3.63) is 44.8 Å². The van der Waals surface area contributed by atoms with Crippen LogP contribution in [-0.4, -0.2) is 29.1 Å². The Labute approximate surface area is 200 Å².